The highest BCUT2D eigenvalue weighted by molar-refractivity contribution is 5.70. The van der Waals surface area contributed by atoms with Gasteiger partial charge < -0.3 is 16.4 Å². The first-order valence-electron chi connectivity index (χ1n) is 7.37. The van der Waals surface area contributed by atoms with Crippen LogP contribution in [0.5, 0.6) is 0 Å². The van der Waals surface area contributed by atoms with Crippen LogP contribution >= 0.6 is 0 Å². The van der Waals surface area contributed by atoms with Gasteiger partial charge in [0.1, 0.15) is 17.3 Å². The molecule has 0 spiro atoms. The number of hydrogen-bond acceptors (Lipinski definition) is 5. The van der Waals surface area contributed by atoms with Crippen LogP contribution in [0.15, 0.2) is 30.5 Å². The highest BCUT2D eigenvalue weighted by Crippen LogP contribution is 2.27. The topological polar surface area (TPSA) is 81.1 Å². The summed E-state index contributed by atoms with van der Waals surface area (Å²) < 4.78 is 13.0. The summed E-state index contributed by atoms with van der Waals surface area (Å²) in [5, 5.41) is 0. The number of anilines is 2. The van der Waals surface area contributed by atoms with Crippen molar-refractivity contribution < 1.29 is 4.39 Å². The minimum absolute atomic E-state index is 0.108. The second-order valence-electron chi connectivity index (χ2n) is 6.11. The van der Waals surface area contributed by atoms with Crippen molar-refractivity contribution in [1.82, 2.24) is 9.97 Å². The van der Waals surface area contributed by atoms with Crippen molar-refractivity contribution >= 4 is 11.6 Å². The van der Waals surface area contributed by atoms with E-state index in [0.717, 1.165) is 37.3 Å². The molecule has 0 radical (unpaired) electrons. The first-order valence-corrected chi connectivity index (χ1v) is 7.37. The Kier molecular flexibility index (Phi) is 3.70. The monoisotopic (exact) mass is 301 g/mol. The Morgan fingerprint density at radius 2 is 1.82 bits per heavy atom. The Labute approximate surface area is 129 Å². The van der Waals surface area contributed by atoms with E-state index >= 15 is 0 Å². The Balaban J connectivity index is 1.82. The van der Waals surface area contributed by atoms with Gasteiger partial charge in [-0.25, -0.2) is 14.4 Å². The molecule has 1 saturated heterocycles. The molecule has 1 aromatic carbocycles. The molecule has 2 heterocycles. The maximum absolute atomic E-state index is 13.0. The zero-order valence-electron chi connectivity index (χ0n) is 12.6. The van der Waals surface area contributed by atoms with Crippen LogP contribution in [0.2, 0.25) is 0 Å². The van der Waals surface area contributed by atoms with Crippen LogP contribution in [0.3, 0.4) is 0 Å². The smallest absolute Gasteiger partial charge is 0.152 e. The summed E-state index contributed by atoms with van der Waals surface area (Å²) in [6.07, 6.45) is 3.54. The van der Waals surface area contributed by atoms with Gasteiger partial charge in [0.15, 0.2) is 5.82 Å². The number of nitrogens with zero attached hydrogens (tertiary/aromatic N) is 3. The van der Waals surface area contributed by atoms with Crippen molar-refractivity contribution in [2.45, 2.75) is 25.3 Å². The number of piperidine rings is 1. The van der Waals surface area contributed by atoms with E-state index in [1.165, 1.54) is 12.1 Å². The zero-order valence-corrected chi connectivity index (χ0v) is 12.6. The molecule has 0 saturated carbocycles. The van der Waals surface area contributed by atoms with E-state index in [1.54, 1.807) is 18.3 Å². The minimum atomic E-state index is -0.287. The number of halogens is 1. The lowest BCUT2D eigenvalue weighted by atomic mass is 9.91. The van der Waals surface area contributed by atoms with E-state index in [0.29, 0.717) is 11.5 Å². The lowest BCUT2D eigenvalue weighted by molar-refractivity contribution is 0.363. The maximum Gasteiger partial charge on any atom is 0.152 e. The number of benzene rings is 1. The number of nitrogen functional groups attached to an aromatic ring is 1. The van der Waals surface area contributed by atoms with Crippen molar-refractivity contribution in [1.29, 1.82) is 0 Å². The van der Waals surface area contributed by atoms with Crippen molar-refractivity contribution in [2.24, 2.45) is 5.73 Å². The van der Waals surface area contributed by atoms with Crippen LogP contribution in [-0.2, 0) is 0 Å². The Morgan fingerprint density at radius 3 is 2.41 bits per heavy atom. The first kappa shape index (κ1) is 14.7. The molecule has 1 aliphatic rings. The third-order valence-electron chi connectivity index (χ3n) is 4.13. The molecule has 0 amide bonds. The lowest BCUT2D eigenvalue weighted by Crippen LogP contribution is -2.48. The quantitative estimate of drug-likeness (QED) is 0.888. The van der Waals surface area contributed by atoms with Crippen LogP contribution < -0.4 is 16.4 Å². The molecule has 0 atom stereocenters. The average molecular weight is 301 g/mol. The number of nitrogens with two attached hydrogens (primary N) is 2. The highest BCUT2D eigenvalue weighted by Gasteiger charge is 2.26. The summed E-state index contributed by atoms with van der Waals surface area (Å²) in [7, 11) is 0. The van der Waals surface area contributed by atoms with Crippen molar-refractivity contribution in [3.63, 3.8) is 0 Å². The predicted molar refractivity (Wildman–Crippen MR) is 85.9 cm³/mol. The summed E-state index contributed by atoms with van der Waals surface area (Å²) in [5.74, 6) is 0.828. The van der Waals surface area contributed by atoms with Gasteiger partial charge in [-0.1, -0.05) is 0 Å². The van der Waals surface area contributed by atoms with Gasteiger partial charge in [0, 0.05) is 24.2 Å². The van der Waals surface area contributed by atoms with E-state index in [2.05, 4.69) is 21.8 Å². The van der Waals surface area contributed by atoms with Gasteiger partial charge >= 0.3 is 0 Å². The third-order valence-corrected chi connectivity index (χ3v) is 4.13. The van der Waals surface area contributed by atoms with E-state index < -0.39 is 0 Å². The Bertz CT molecular complexity index is 659. The standard InChI is InChI=1S/C16H20FN5/c1-16(19)6-8-22(9-7-16)13-10-20-14(15(18)21-13)11-2-4-12(17)5-3-11/h2-5,10H,6-9,19H2,1H3,(H2,18,21). The van der Waals surface area contributed by atoms with Gasteiger partial charge in [-0.3, -0.25) is 0 Å². The fourth-order valence-corrected chi connectivity index (χ4v) is 2.62. The number of aromatic nitrogens is 2. The molecule has 1 fully saturated rings. The highest BCUT2D eigenvalue weighted by atomic mass is 19.1. The molecule has 5 nitrogen and oxygen atoms in total. The molecule has 3 rings (SSSR count). The molecule has 116 valence electrons. The molecule has 4 N–H and O–H groups in total. The molecule has 0 bridgehead atoms. The van der Waals surface area contributed by atoms with Gasteiger partial charge in [-0.05, 0) is 44.0 Å². The molecule has 0 aliphatic carbocycles. The molecule has 6 heteroatoms. The average Bonchev–Trinajstić information content (AvgIpc) is 2.48. The van der Waals surface area contributed by atoms with Crippen LogP contribution in [0.4, 0.5) is 16.0 Å². The fraction of sp³-hybridized carbons (Fsp3) is 0.375. The second-order valence-corrected chi connectivity index (χ2v) is 6.11. The first-order chi connectivity index (χ1) is 10.4. The molecule has 0 unspecified atom stereocenters. The normalized spacial score (nSPS) is 17.5. The Morgan fingerprint density at radius 1 is 1.18 bits per heavy atom. The zero-order chi connectivity index (χ0) is 15.7. The van der Waals surface area contributed by atoms with Crippen molar-refractivity contribution in [3.05, 3.63) is 36.3 Å². The van der Waals surface area contributed by atoms with Crippen molar-refractivity contribution in [3.8, 4) is 11.3 Å². The van der Waals surface area contributed by atoms with Gasteiger partial charge in [-0.2, -0.15) is 0 Å². The van der Waals surface area contributed by atoms with Gasteiger partial charge in [-0.15, -0.1) is 0 Å². The predicted octanol–water partition coefficient (Wildman–Crippen LogP) is 2.18. The van der Waals surface area contributed by atoms with Crippen LogP contribution in [-0.4, -0.2) is 28.6 Å². The maximum atomic E-state index is 13.0. The summed E-state index contributed by atoms with van der Waals surface area (Å²) in [5.41, 5.74) is 13.4. The molecular weight excluding hydrogens is 281 g/mol. The molecule has 2 aromatic rings. The molecule has 22 heavy (non-hydrogen) atoms. The lowest BCUT2D eigenvalue weighted by Gasteiger charge is -2.37. The third kappa shape index (κ3) is 3.01. The SMILES string of the molecule is CC1(N)CCN(c2cnc(-c3ccc(F)cc3)c(N)n2)CC1. The summed E-state index contributed by atoms with van der Waals surface area (Å²) in [4.78, 5) is 11.0. The fourth-order valence-electron chi connectivity index (χ4n) is 2.62. The minimum Gasteiger partial charge on any atom is -0.382 e. The van der Waals surface area contributed by atoms with Crippen LogP contribution in [0.1, 0.15) is 19.8 Å². The van der Waals surface area contributed by atoms with E-state index in [4.69, 9.17) is 11.5 Å². The van der Waals surface area contributed by atoms with Crippen LogP contribution in [0, 0.1) is 5.82 Å². The van der Waals surface area contributed by atoms with Crippen LogP contribution in [0.25, 0.3) is 11.3 Å². The van der Waals surface area contributed by atoms with E-state index in [1.807, 2.05) is 0 Å². The number of hydrogen-bond donors (Lipinski definition) is 2. The van der Waals surface area contributed by atoms with Crippen molar-refractivity contribution in [2.75, 3.05) is 23.7 Å². The van der Waals surface area contributed by atoms with Gasteiger partial charge in [0.25, 0.3) is 0 Å². The van der Waals surface area contributed by atoms with Gasteiger partial charge in [0.05, 0.1) is 6.20 Å². The number of rotatable bonds is 2. The largest absolute Gasteiger partial charge is 0.382 e. The van der Waals surface area contributed by atoms with Gasteiger partial charge in [0.2, 0.25) is 0 Å². The summed E-state index contributed by atoms with van der Waals surface area (Å²) >= 11 is 0. The van der Waals surface area contributed by atoms with E-state index in [-0.39, 0.29) is 11.4 Å². The second kappa shape index (κ2) is 5.53. The van der Waals surface area contributed by atoms with E-state index in [9.17, 15) is 4.39 Å². The summed E-state index contributed by atoms with van der Waals surface area (Å²) in [6.45, 7) is 3.76. The molecule has 1 aromatic heterocycles. The molecular formula is C16H20FN5. The summed E-state index contributed by atoms with van der Waals surface area (Å²) in [6, 6.07) is 6.07. The molecule has 1 aliphatic heterocycles. The Hall–Kier alpha value is -2.21.